The summed E-state index contributed by atoms with van der Waals surface area (Å²) < 4.78 is 2.45. The Morgan fingerprint density at radius 2 is 2.32 bits per heavy atom. The summed E-state index contributed by atoms with van der Waals surface area (Å²) in [6.45, 7) is 5.28. The molecule has 0 fully saturated rings. The van der Waals surface area contributed by atoms with Crippen molar-refractivity contribution < 1.29 is 0 Å². The Hall–Kier alpha value is -1.13. The third-order valence-electron chi connectivity index (χ3n) is 4.04. The average Bonchev–Trinajstić information content (AvgIpc) is 2.92. The van der Waals surface area contributed by atoms with Gasteiger partial charge in [0.1, 0.15) is 0 Å². The minimum atomic E-state index is 0.241. The number of aromatic nitrogens is 2. The Labute approximate surface area is 118 Å². The standard InChI is InChI=1S/C15H21N3S/c1-10-8-13-14(16)4-3-5-15(13)18(10)7-6-12-9-19-11(2)17-12/h8-9,14H,3-7,16H2,1-2H3. The molecule has 0 aromatic carbocycles. The maximum Gasteiger partial charge on any atom is 0.0897 e. The van der Waals surface area contributed by atoms with E-state index in [0.717, 1.165) is 24.4 Å². The minimum absolute atomic E-state index is 0.241. The molecule has 0 aliphatic heterocycles. The van der Waals surface area contributed by atoms with Crippen LogP contribution < -0.4 is 5.73 Å². The van der Waals surface area contributed by atoms with Crippen molar-refractivity contribution in [3.05, 3.63) is 39.1 Å². The van der Waals surface area contributed by atoms with Gasteiger partial charge in [-0.05, 0) is 44.7 Å². The third kappa shape index (κ3) is 2.47. The zero-order chi connectivity index (χ0) is 13.4. The largest absolute Gasteiger partial charge is 0.348 e. The van der Waals surface area contributed by atoms with Crippen molar-refractivity contribution in [3.8, 4) is 0 Å². The monoisotopic (exact) mass is 275 g/mol. The van der Waals surface area contributed by atoms with Gasteiger partial charge in [0, 0.05) is 35.8 Å². The Bertz CT molecular complexity index is 582. The molecule has 1 atom stereocenters. The number of nitrogens with zero attached hydrogens (tertiary/aromatic N) is 2. The zero-order valence-corrected chi connectivity index (χ0v) is 12.5. The molecule has 1 aliphatic carbocycles. The Balaban J connectivity index is 1.81. The van der Waals surface area contributed by atoms with E-state index < -0.39 is 0 Å². The molecule has 0 amide bonds. The lowest BCUT2D eigenvalue weighted by Gasteiger charge is -2.21. The van der Waals surface area contributed by atoms with Gasteiger partial charge in [-0.15, -0.1) is 11.3 Å². The van der Waals surface area contributed by atoms with Crippen molar-refractivity contribution in [1.82, 2.24) is 9.55 Å². The molecular weight excluding hydrogens is 254 g/mol. The van der Waals surface area contributed by atoms with Gasteiger partial charge in [0.05, 0.1) is 10.7 Å². The molecule has 0 radical (unpaired) electrons. The molecule has 0 spiro atoms. The number of hydrogen-bond donors (Lipinski definition) is 1. The summed E-state index contributed by atoms with van der Waals surface area (Å²) in [6, 6.07) is 2.52. The molecule has 2 N–H and O–H groups in total. The van der Waals surface area contributed by atoms with Crippen molar-refractivity contribution in [2.24, 2.45) is 5.73 Å². The van der Waals surface area contributed by atoms with Crippen molar-refractivity contribution in [2.45, 2.75) is 52.1 Å². The highest BCUT2D eigenvalue weighted by Gasteiger charge is 2.21. The third-order valence-corrected chi connectivity index (χ3v) is 4.86. The molecule has 1 unspecified atom stereocenters. The molecule has 0 saturated carbocycles. The van der Waals surface area contributed by atoms with E-state index in [-0.39, 0.29) is 6.04 Å². The lowest BCUT2D eigenvalue weighted by Crippen LogP contribution is -2.18. The summed E-state index contributed by atoms with van der Waals surface area (Å²) in [7, 11) is 0. The van der Waals surface area contributed by atoms with E-state index in [1.165, 1.54) is 35.5 Å². The van der Waals surface area contributed by atoms with Gasteiger partial charge >= 0.3 is 0 Å². The fourth-order valence-electron chi connectivity index (χ4n) is 3.06. The van der Waals surface area contributed by atoms with E-state index in [1.807, 2.05) is 0 Å². The molecule has 0 saturated heterocycles. The molecule has 2 aromatic heterocycles. The molecule has 4 heteroatoms. The molecule has 3 rings (SSSR count). The van der Waals surface area contributed by atoms with Crippen LogP contribution in [0.2, 0.25) is 0 Å². The van der Waals surface area contributed by atoms with Crippen LogP contribution in [-0.2, 0) is 19.4 Å². The molecule has 102 valence electrons. The second kappa shape index (κ2) is 5.10. The van der Waals surface area contributed by atoms with E-state index in [0.29, 0.717) is 0 Å². The Kier molecular flexibility index (Phi) is 3.46. The van der Waals surface area contributed by atoms with Crippen LogP contribution >= 0.6 is 11.3 Å². The van der Waals surface area contributed by atoms with Crippen LogP contribution in [0.5, 0.6) is 0 Å². The van der Waals surface area contributed by atoms with Crippen molar-refractivity contribution in [2.75, 3.05) is 0 Å². The molecule has 3 nitrogen and oxygen atoms in total. The molecule has 1 aliphatic rings. The minimum Gasteiger partial charge on any atom is -0.348 e. The van der Waals surface area contributed by atoms with Crippen LogP contribution in [0.25, 0.3) is 0 Å². The predicted molar refractivity (Wildman–Crippen MR) is 79.6 cm³/mol. The lowest BCUT2D eigenvalue weighted by atomic mass is 9.93. The summed E-state index contributed by atoms with van der Waals surface area (Å²) >= 11 is 1.73. The van der Waals surface area contributed by atoms with Gasteiger partial charge < -0.3 is 10.3 Å². The Morgan fingerprint density at radius 1 is 1.47 bits per heavy atom. The number of rotatable bonds is 3. The Morgan fingerprint density at radius 3 is 3.05 bits per heavy atom. The fourth-order valence-corrected chi connectivity index (χ4v) is 3.71. The summed E-state index contributed by atoms with van der Waals surface area (Å²) in [5, 5.41) is 3.33. The second-order valence-corrected chi connectivity index (χ2v) is 6.51. The number of aryl methyl sites for hydroxylation is 3. The maximum absolute atomic E-state index is 6.22. The fraction of sp³-hybridized carbons (Fsp3) is 0.533. The topological polar surface area (TPSA) is 43.8 Å². The first-order valence-electron chi connectivity index (χ1n) is 7.00. The molecular formula is C15H21N3S. The smallest absolute Gasteiger partial charge is 0.0897 e. The van der Waals surface area contributed by atoms with E-state index in [1.54, 1.807) is 11.3 Å². The SMILES string of the molecule is Cc1nc(CCn2c(C)cc3c2CCCC3N)cs1. The molecule has 2 aromatic rings. The summed E-state index contributed by atoms with van der Waals surface area (Å²) in [5.41, 5.74) is 11.6. The van der Waals surface area contributed by atoms with Gasteiger partial charge in [-0.25, -0.2) is 4.98 Å². The maximum atomic E-state index is 6.22. The number of hydrogen-bond acceptors (Lipinski definition) is 3. The summed E-state index contributed by atoms with van der Waals surface area (Å²) in [6.07, 6.45) is 4.53. The highest BCUT2D eigenvalue weighted by molar-refractivity contribution is 7.09. The van der Waals surface area contributed by atoms with E-state index >= 15 is 0 Å². The van der Waals surface area contributed by atoms with E-state index in [4.69, 9.17) is 5.73 Å². The number of fused-ring (bicyclic) bond motifs is 1. The van der Waals surface area contributed by atoms with Crippen LogP contribution in [0.4, 0.5) is 0 Å². The van der Waals surface area contributed by atoms with Gasteiger partial charge in [0.15, 0.2) is 0 Å². The lowest BCUT2D eigenvalue weighted by molar-refractivity contribution is 0.535. The first-order valence-corrected chi connectivity index (χ1v) is 7.88. The quantitative estimate of drug-likeness (QED) is 0.935. The predicted octanol–water partition coefficient (Wildman–Crippen LogP) is 3.14. The summed E-state index contributed by atoms with van der Waals surface area (Å²) in [5.74, 6) is 0. The van der Waals surface area contributed by atoms with Crippen molar-refractivity contribution in [1.29, 1.82) is 0 Å². The van der Waals surface area contributed by atoms with Crippen LogP contribution in [0.15, 0.2) is 11.4 Å². The van der Waals surface area contributed by atoms with Gasteiger partial charge in [0.25, 0.3) is 0 Å². The van der Waals surface area contributed by atoms with E-state index in [2.05, 4.69) is 34.8 Å². The van der Waals surface area contributed by atoms with E-state index in [9.17, 15) is 0 Å². The van der Waals surface area contributed by atoms with Crippen molar-refractivity contribution >= 4 is 11.3 Å². The van der Waals surface area contributed by atoms with Crippen LogP contribution in [0, 0.1) is 13.8 Å². The van der Waals surface area contributed by atoms with Crippen LogP contribution in [-0.4, -0.2) is 9.55 Å². The van der Waals surface area contributed by atoms with Gasteiger partial charge in [-0.3, -0.25) is 0 Å². The molecule has 19 heavy (non-hydrogen) atoms. The van der Waals surface area contributed by atoms with Crippen molar-refractivity contribution in [3.63, 3.8) is 0 Å². The van der Waals surface area contributed by atoms with Crippen LogP contribution in [0.3, 0.4) is 0 Å². The zero-order valence-electron chi connectivity index (χ0n) is 11.6. The first kappa shape index (κ1) is 12.9. The number of nitrogens with two attached hydrogens (primary N) is 1. The average molecular weight is 275 g/mol. The summed E-state index contributed by atoms with van der Waals surface area (Å²) in [4.78, 5) is 4.55. The number of thiazole rings is 1. The highest BCUT2D eigenvalue weighted by Crippen LogP contribution is 2.30. The highest BCUT2D eigenvalue weighted by atomic mass is 32.1. The molecule has 0 bridgehead atoms. The van der Waals surface area contributed by atoms with Crippen LogP contribution in [0.1, 0.15) is 46.5 Å². The first-order chi connectivity index (χ1) is 9.15. The normalized spacial score (nSPS) is 18.6. The van der Waals surface area contributed by atoms with Gasteiger partial charge in [-0.1, -0.05) is 0 Å². The second-order valence-electron chi connectivity index (χ2n) is 5.45. The molecule has 2 heterocycles. The van der Waals surface area contributed by atoms with Gasteiger partial charge in [-0.2, -0.15) is 0 Å². The van der Waals surface area contributed by atoms with Gasteiger partial charge in [0.2, 0.25) is 0 Å².